The molecule has 0 aromatic heterocycles. The number of hydrogen-bond acceptors (Lipinski definition) is 10. The van der Waals surface area contributed by atoms with Crippen molar-refractivity contribution in [3.05, 3.63) is 89.0 Å². The number of nitrogens with one attached hydrogen (secondary N) is 2. The maximum atomic E-state index is 14.0. The molecule has 3 amide bonds. The molecule has 1 saturated heterocycles. The molecule has 330 valence electrons. The number of hydrogen-bond donors (Lipinski definition) is 2. The summed E-state index contributed by atoms with van der Waals surface area (Å²) in [5.74, 6) is 0.0689. The van der Waals surface area contributed by atoms with Gasteiger partial charge in [-0.25, -0.2) is 14.6 Å². The highest BCUT2D eigenvalue weighted by Crippen LogP contribution is 2.33. The number of azo groups is 1. The van der Waals surface area contributed by atoms with Crippen LogP contribution in [0.1, 0.15) is 114 Å². The monoisotopic (exact) mass is 846 g/mol. The van der Waals surface area contributed by atoms with Crippen LogP contribution in [0.2, 0.25) is 0 Å². The summed E-state index contributed by atoms with van der Waals surface area (Å²) in [5, 5.41) is 13.9. The van der Waals surface area contributed by atoms with E-state index in [2.05, 4.69) is 25.9 Å². The van der Waals surface area contributed by atoms with E-state index in [0.717, 1.165) is 47.1 Å². The van der Waals surface area contributed by atoms with Crippen molar-refractivity contribution < 1.29 is 33.4 Å². The second kappa shape index (κ2) is 20.0. The highest BCUT2D eigenvalue weighted by molar-refractivity contribution is 6.01. The minimum Gasteiger partial charge on any atom is -0.444 e. The van der Waals surface area contributed by atoms with E-state index < -0.39 is 23.2 Å². The van der Waals surface area contributed by atoms with Gasteiger partial charge in [0, 0.05) is 61.1 Å². The number of nitrogens with zero attached hydrogens (tertiary/aromatic N) is 4. The van der Waals surface area contributed by atoms with Gasteiger partial charge in [0.15, 0.2) is 18.3 Å². The Labute approximate surface area is 365 Å². The van der Waals surface area contributed by atoms with Crippen LogP contribution in [0.15, 0.2) is 82.0 Å². The molecule has 2 atom stereocenters. The molecule has 0 bridgehead atoms. The summed E-state index contributed by atoms with van der Waals surface area (Å²) in [5.41, 5.74) is 4.82. The highest BCUT2D eigenvalue weighted by Gasteiger charge is 2.33. The number of benzene rings is 3. The number of carbonyl (C=O) groups excluding carboxylic acids is 5. The first-order chi connectivity index (χ1) is 29.4. The Kier molecular flexibility index (Phi) is 14.8. The highest BCUT2D eigenvalue weighted by atomic mass is 16.6. The van der Waals surface area contributed by atoms with Crippen LogP contribution in [0, 0.1) is 30.6 Å². The molecular weight excluding hydrogens is 785 g/mol. The molecule has 2 aliphatic heterocycles. The van der Waals surface area contributed by atoms with Crippen LogP contribution in [0.25, 0.3) is 11.1 Å². The molecule has 0 spiro atoms. The Morgan fingerprint density at radius 2 is 1.48 bits per heavy atom. The Hall–Kier alpha value is -5.72. The molecule has 62 heavy (non-hydrogen) atoms. The van der Waals surface area contributed by atoms with Gasteiger partial charge in [0.05, 0.1) is 0 Å². The van der Waals surface area contributed by atoms with Crippen LogP contribution in [0.4, 0.5) is 15.3 Å². The summed E-state index contributed by atoms with van der Waals surface area (Å²) in [6, 6.07) is 21.1. The first kappa shape index (κ1) is 45.8. The van der Waals surface area contributed by atoms with E-state index in [1.54, 1.807) is 17.0 Å². The topological polar surface area (TPSA) is 168 Å². The van der Waals surface area contributed by atoms with E-state index in [1.807, 2.05) is 103 Å². The number of rotatable bonds is 14. The predicted octanol–water partition coefficient (Wildman–Crippen LogP) is 9.75. The lowest BCUT2D eigenvalue weighted by Crippen LogP contribution is -2.37. The molecule has 2 heterocycles. The van der Waals surface area contributed by atoms with Crippen LogP contribution in [-0.4, -0.2) is 77.9 Å². The maximum absolute atomic E-state index is 14.0. The number of anilines is 1. The van der Waals surface area contributed by atoms with Crippen molar-refractivity contribution in [1.29, 1.82) is 0 Å². The smallest absolute Gasteiger partial charge is 0.410 e. The van der Waals surface area contributed by atoms with Crippen molar-refractivity contribution in [3.63, 3.8) is 0 Å². The summed E-state index contributed by atoms with van der Waals surface area (Å²) in [6.45, 7) is 14.9. The van der Waals surface area contributed by atoms with E-state index in [0.29, 0.717) is 69.1 Å². The maximum Gasteiger partial charge on any atom is 0.410 e. The average Bonchev–Trinajstić information content (AvgIpc) is 3.93. The molecule has 1 aliphatic carbocycles. The van der Waals surface area contributed by atoms with Gasteiger partial charge in [-0.05, 0) is 151 Å². The van der Waals surface area contributed by atoms with Crippen LogP contribution in [0.3, 0.4) is 0 Å². The standard InChI is InChI=1S/C49H62N6O7/c1-31-24-38(42(56)26-34-22-23-55(29-34)47(60)62-49(5,6)7)18-21-41(31)35-12-8-32(9-13-35)25-39(45(58)53-40-19-16-37(17-20-40)44-51-30-52-54-44)27-43(57)36-14-10-33(11-15-36)28-50-46(59)61-48(2,3)4/h8-9,12-13,16-21,24,33-34,36,39H,10-11,14-15,22-23,25-30H2,1-7H3,(H,50,59)(H,53,58)/t33?,34-,36?,39+/m0/s1. The van der Waals surface area contributed by atoms with Crippen molar-refractivity contribution in [2.24, 2.45) is 38.9 Å². The molecule has 3 aromatic rings. The third-order valence-corrected chi connectivity index (χ3v) is 11.6. The molecule has 0 radical (unpaired) electrons. The average molecular weight is 847 g/mol. The van der Waals surface area contributed by atoms with Crippen molar-refractivity contribution in [3.8, 4) is 11.1 Å². The van der Waals surface area contributed by atoms with Gasteiger partial charge in [0.1, 0.15) is 17.0 Å². The molecular formula is C49H62N6O7. The Morgan fingerprint density at radius 1 is 0.806 bits per heavy atom. The number of amidine groups is 1. The zero-order valence-electron chi connectivity index (χ0n) is 37.3. The number of ether oxygens (including phenoxy) is 2. The quantitative estimate of drug-likeness (QED) is 0.152. The third kappa shape index (κ3) is 13.1. The summed E-state index contributed by atoms with van der Waals surface area (Å²) in [6.07, 6.45) is 3.90. The van der Waals surface area contributed by atoms with Crippen LogP contribution >= 0.6 is 0 Å². The third-order valence-electron chi connectivity index (χ3n) is 11.6. The summed E-state index contributed by atoms with van der Waals surface area (Å²) in [4.78, 5) is 71.9. The van der Waals surface area contributed by atoms with Crippen LogP contribution in [0.5, 0.6) is 0 Å². The molecule has 13 heteroatoms. The zero-order valence-corrected chi connectivity index (χ0v) is 37.3. The SMILES string of the molecule is Cc1cc(C(=O)C[C@@H]2CCN(C(=O)OC(C)(C)C)C2)ccc1-c1ccc(C[C@H](CC(=O)C2CCC(CNC(=O)OC(C)(C)C)CC2)C(=O)Nc2ccc(C3=NCN=N3)cc2)cc1. The first-order valence-corrected chi connectivity index (χ1v) is 21.9. The molecule has 2 fully saturated rings. The largest absolute Gasteiger partial charge is 0.444 e. The molecule has 3 aromatic carbocycles. The Bertz CT molecular complexity index is 2160. The van der Waals surface area contributed by atoms with Crippen LogP contribution < -0.4 is 10.6 Å². The number of amides is 3. The molecule has 0 unspecified atom stereocenters. The Morgan fingerprint density at radius 3 is 2.11 bits per heavy atom. The van der Waals surface area contributed by atoms with E-state index in [9.17, 15) is 24.0 Å². The van der Waals surface area contributed by atoms with Gasteiger partial charge in [-0.3, -0.25) is 14.4 Å². The van der Waals surface area contributed by atoms with Crippen molar-refractivity contribution >= 4 is 41.2 Å². The summed E-state index contributed by atoms with van der Waals surface area (Å²) in [7, 11) is 0. The minimum absolute atomic E-state index is 0.0544. The summed E-state index contributed by atoms with van der Waals surface area (Å²) < 4.78 is 10.9. The van der Waals surface area contributed by atoms with E-state index in [1.165, 1.54) is 0 Å². The number of Topliss-reactive ketones (excluding diaryl/α,β-unsaturated/α-hetero) is 2. The molecule has 6 rings (SSSR count). The van der Waals surface area contributed by atoms with Gasteiger partial charge >= 0.3 is 12.2 Å². The van der Waals surface area contributed by atoms with Gasteiger partial charge < -0.3 is 25.0 Å². The van der Waals surface area contributed by atoms with Gasteiger partial charge in [-0.15, -0.1) is 5.11 Å². The van der Waals surface area contributed by atoms with E-state index in [4.69, 9.17) is 9.47 Å². The normalized spacial score (nSPS) is 19.4. The lowest BCUT2D eigenvalue weighted by atomic mass is 9.77. The van der Waals surface area contributed by atoms with Crippen molar-refractivity contribution in [2.45, 2.75) is 111 Å². The summed E-state index contributed by atoms with van der Waals surface area (Å²) >= 11 is 0. The number of aryl methyl sites for hydroxylation is 1. The molecule has 2 N–H and O–H groups in total. The fourth-order valence-corrected chi connectivity index (χ4v) is 8.36. The fraction of sp³-hybridized carbons (Fsp3) is 0.510. The van der Waals surface area contributed by atoms with E-state index >= 15 is 0 Å². The fourth-order valence-electron chi connectivity index (χ4n) is 8.36. The lowest BCUT2D eigenvalue weighted by molar-refractivity contribution is -0.129. The van der Waals surface area contributed by atoms with Crippen LogP contribution in [-0.2, 0) is 25.5 Å². The Balaban J connectivity index is 1.08. The van der Waals surface area contributed by atoms with Crippen molar-refractivity contribution in [2.75, 3.05) is 31.6 Å². The van der Waals surface area contributed by atoms with Crippen molar-refractivity contribution in [1.82, 2.24) is 10.2 Å². The van der Waals surface area contributed by atoms with Gasteiger partial charge in [0.2, 0.25) is 5.91 Å². The molecule has 13 nitrogen and oxygen atoms in total. The van der Waals surface area contributed by atoms with E-state index in [-0.39, 0.29) is 47.7 Å². The number of ketones is 2. The van der Waals surface area contributed by atoms with Gasteiger partial charge in [-0.1, -0.05) is 36.4 Å². The van der Waals surface area contributed by atoms with Gasteiger partial charge in [-0.2, -0.15) is 5.11 Å². The molecule has 1 saturated carbocycles. The number of aliphatic imine (C=N–C) groups is 1. The predicted molar refractivity (Wildman–Crippen MR) is 239 cm³/mol. The number of likely N-dealkylation sites (tertiary alicyclic amines) is 1. The second-order valence-electron chi connectivity index (χ2n) is 19.0. The number of alkyl carbamates (subject to hydrolysis) is 1. The minimum atomic E-state index is -0.601. The lowest BCUT2D eigenvalue weighted by Gasteiger charge is -2.29. The van der Waals surface area contributed by atoms with Gasteiger partial charge in [0.25, 0.3) is 0 Å². The molecule has 3 aliphatic rings. The zero-order chi connectivity index (χ0) is 44.6. The second-order valence-corrected chi connectivity index (χ2v) is 19.0. The number of carbonyl (C=O) groups is 5. The first-order valence-electron chi connectivity index (χ1n) is 21.9.